The molecule has 0 radical (unpaired) electrons. The third kappa shape index (κ3) is 3.39. The Morgan fingerprint density at radius 3 is 2.65 bits per heavy atom. The van der Waals surface area contributed by atoms with Crippen molar-refractivity contribution in [3.05, 3.63) is 28.8 Å². The second kappa shape index (κ2) is 6.64. The van der Waals surface area contributed by atoms with E-state index >= 15 is 0 Å². The predicted octanol–water partition coefficient (Wildman–Crippen LogP) is 3.19. The highest BCUT2D eigenvalue weighted by atomic mass is 16.6. The average molecular weight is 355 g/mol. The second-order valence-corrected chi connectivity index (χ2v) is 8.05. The first-order valence-electron chi connectivity index (χ1n) is 9.01. The predicted molar refractivity (Wildman–Crippen MR) is 98.1 cm³/mol. The van der Waals surface area contributed by atoms with E-state index in [-0.39, 0.29) is 17.9 Å². The molecule has 0 saturated carbocycles. The van der Waals surface area contributed by atoms with Gasteiger partial charge >= 0.3 is 6.09 Å². The Morgan fingerprint density at radius 1 is 1.35 bits per heavy atom. The van der Waals surface area contributed by atoms with Gasteiger partial charge < -0.3 is 9.64 Å². The minimum absolute atomic E-state index is 0.00399. The number of benzene rings is 1. The summed E-state index contributed by atoms with van der Waals surface area (Å²) in [5.41, 5.74) is 2.78. The number of likely N-dealkylation sites (tertiary alicyclic amines) is 1. The lowest BCUT2D eigenvalue weighted by atomic mass is 9.85. The number of ether oxygens (including phenoxy) is 1. The summed E-state index contributed by atoms with van der Waals surface area (Å²) < 4.78 is 5.55. The fraction of sp³-hybridized carbons (Fsp3) is 0.550. The van der Waals surface area contributed by atoms with Gasteiger partial charge in [-0.25, -0.2) is 4.79 Å². The van der Waals surface area contributed by atoms with Crippen LogP contribution in [0.4, 0.5) is 10.5 Å². The smallest absolute Gasteiger partial charge is 0.414 e. The molecule has 0 bridgehead atoms. The molecule has 1 atom stereocenters. The highest BCUT2D eigenvalue weighted by Crippen LogP contribution is 2.39. The third-order valence-corrected chi connectivity index (χ3v) is 4.92. The van der Waals surface area contributed by atoms with E-state index in [9.17, 15) is 14.9 Å². The van der Waals surface area contributed by atoms with Crippen LogP contribution in [0.1, 0.15) is 56.2 Å². The van der Waals surface area contributed by atoms with Gasteiger partial charge in [0.15, 0.2) is 0 Å². The van der Waals surface area contributed by atoms with E-state index in [1.54, 1.807) is 22.9 Å². The van der Waals surface area contributed by atoms with Gasteiger partial charge in [-0.2, -0.15) is 5.26 Å². The molecule has 26 heavy (non-hydrogen) atoms. The number of anilines is 1. The number of rotatable bonds is 1. The first-order chi connectivity index (χ1) is 12.2. The Labute approximate surface area is 154 Å². The van der Waals surface area contributed by atoms with Crippen LogP contribution >= 0.6 is 0 Å². The van der Waals surface area contributed by atoms with Crippen LogP contribution in [0.5, 0.6) is 0 Å². The Balaban J connectivity index is 2.03. The molecule has 6 heteroatoms. The standard InChI is InChI=1S/C20H25N3O3/c1-20(2,3)26-19(25)23-9-5-6-15-16(23)8-7-13(11-21)18(15)14-10-17(24)22(4)12-14/h7-8,14H,5-6,9-10,12H2,1-4H3. The van der Waals surface area contributed by atoms with Crippen molar-refractivity contribution in [2.45, 2.75) is 51.6 Å². The summed E-state index contributed by atoms with van der Waals surface area (Å²) in [6.07, 6.45) is 1.65. The average Bonchev–Trinajstić information content (AvgIpc) is 2.90. The SMILES string of the molecule is CN1CC(c2c(C#N)ccc3c2CCCN3C(=O)OC(C)(C)C)CC1=O. The van der Waals surface area contributed by atoms with E-state index in [1.165, 1.54) is 0 Å². The van der Waals surface area contributed by atoms with Gasteiger partial charge in [0, 0.05) is 32.5 Å². The number of likely N-dealkylation sites (N-methyl/N-ethyl adjacent to an activating group) is 1. The number of nitriles is 1. The van der Waals surface area contributed by atoms with Gasteiger partial charge in [-0.15, -0.1) is 0 Å². The van der Waals surface area contributed by atoms with Crippen molar-refractivity contribution < 1.29 is 14.3 Å². The molecule has 1 unspecified atom stereocenters. The van der Waals surface area contributed by atoms with Crippen LogP contribution in [0.15, 0.2) is 12.1 Å². The van der Waals surface area contributed by atoms with Crippen molar-refractivity contribution in [3.63, 3.8) is 0 Å². The lowest BCUT2D eigenvalue weighted by molar-refractivity contribution is -0.126. The molecule has 1 fully saturated rings. The number of hydrogen-bond donors (Lipinski definition) is 0. The molecular weight excluding hydrogens is 330 g/mol. The molecule has 0 spiro atoms. The van der Waals surface area contributed by atoms with E-state index in [4.69, 9.17) is 4.74 Å². The van der Waals surface area contributed by atoms with Crippen LogP contribution in [-0.4, -0.2) is 42.6 Å². The topological polar surface area (TPSA) is 73.6 Å². The maximum atomic E-state index is 12.6. The quantitative estimate of drug-likeness (QED) is 0.775. The fourth-order valence-corrected chi connectivity index (χ4v) is 3.83. The highest BCUT2D eigenvalue weighted by molar-refractivity contribution is 5.90. The minimum atomic E-state index is -0.565. The molecule has 0 aliphatic carbocycles. The van der Waals surface area contributed by atoms with Crippen molar-refractivity contribution in [3.8, 4) is 6.07 Å². The molecule has 0 aromatic heterocycles. The Hall–Kier alpha value is -2.55. The van der Waals surface area contributed by atoms with Gasteiger partial charge in [-0.05, 0) is 56.9 Å². The van der Waals surface area contributed by atoms with Gasteiger partial charge in [-0.3, -0.25) is 9.69 Å². The molecule has 2 aliphatic rings. The zero-order valence-electron chi connectivity index (χ0n) is 15.8. The zero-order chi connectivity index (χ0) is 19.1. The highest BCUT2D eigenvalue weighted by Gasteiger charge is 2.35. The maximum absolute atomic E-state index is 12.6. The van der Waals surface area contributed by atoms with Gasteiger partial charge in [0.25, 0.3) is 0 Å². The van der Waals surface area contributed by atoms with Crippen molar-refractivity contribution in [2.24, 2.45) is 0 Å². The number of hydrogen-bond acceptors (Lipinski definition) is 4. The molecule has 138 valence electrons. The largest absolute Gasteiger partial charge is 0.443 e. The molecular formula is C20H25N3O3. The summed E-state index contributed by atoms with van der Waals surface area (Å²) in [4.78, 5) is 28.0. The summed E-state index contributed by atoms with van der Waals surface area (Å²) >= 11 is 0. The molecule has 1 aromatic rings. The molecule has 6 nitrogen and oxygen atoms in total. The minimum Gasteiger partial charge on any atom is -0.443 e. The lowest BCUT2D eigenvalue weighted by Gasteiger charge is -2.33. The van der Waals surface area contributed by atoms with Gasteiger partial charge in [0.2, 0.25) is 5.91 Å². The summed E-state index contributed by atoms with van der Waals surface area (Å²) in [6.45, 7) is 6.74. The monoisotopic (exact) mass is 355 g/mol. The molecule has 2 amide bonds. The van der Waals surface area contributed by atoms with Crippen LogP contribution in [-0.2, 0) is 16.0 Å². The van der Waals surface area contributed by atoms with Crippen LogP contribution in [0.2, 0.25) is 0 Å². The number of carbonyl (C=O) groups excluding carboxylic acids is 2. The van der Waals surface area contributed by atoms with Gasteiger partial charge in [-0.1, -0.05) is 0 Å². The summed E-state index contributed by atoms with van der Waals surface area (Å²) in [5, 5.41) is 9.59. The van der Waals surface area contributed by atoms with Crippen molar-refractivity contribution in [1.82, 2.24) is 4.90 Å². The summed E-state index contributed by atoms with van der Waals surface area (Å²) in [6, 6.07) is 5.87. The van der Waals surface area contributed by atoms with Crippen LogP contribution in [0.25, 0.3) is 0 Å². The third-order valence-electron chi connectivity index (χ3n) is 4.92. The normalized spacial score (nSPS) is 20.0. The Bertz CT molecular complexity index is 789. The van der Waals surface area contributed by atoms with E-state index in [2.05, 4.69) is 6.07 Å². The Kier molecular flexibility index (Phi) is 4.66. The molecule has 1 aromatic carbocycles. The van der Waals surface area contributed by atoms with E-state index in [1.807, 2.05) is 26.8 Å². The Morgan fingerprint density at radius 2 is 2.08 bits per heavy atom. The number of amides is 2. The molecule has 2 heterocycles. The van der Waals surface area contributed by atoms with Crippen molar-refractivity contribution in [1.29, 1.82) is 5.26 Å². The zero-order valence-corrected chi connectivity index (χ0v) is 15.8. The number of fused-ring (bicyclic) bond motifs is 1. The number of carbonyl (C=O) groups is 2. The fourth-order valence-electron chi connectivity index (χ4n) is 3.83. The lowest BCUT2D eigenvalue weighted by Crippen LogP contribution is -2.40. The summed E-state index contributed by atoms with van der Waals surface area (Å²) in [5.74, 6) is 0.0898. The van der Waals surface area contributed by atoms with Gasteiger partial charge in [0.05, 0.1) is 17.3 Å². The van der Waals surface area contributed by atoms with Crippen LogP contribution in [0, 0.1) is 11.3 Å². The molecule has 0 N–H and O–H groups in total. The molecule has 2 aliphatic heterocycles. The maximum Gasteiger partial charge on any atom is 0.414 e. The van der Waals surface area contributed by atoms with Crippen LogP contribution < -0.4 is 4.90 Å². The van der Waals surface area contributed by atoms with E-state index in [0.717, 1.165) is 29.7 Å². The first kappa shape index (κ1) is 18.2. The number of nitrogens with zero attached hydrogens (tertiary/aromatic N) is 3. The molecule has 3 rings (SSSR count). The second-order valence-electron chi connectivity index (χ2n) is 8.05. The van der Waals surface area contributed by atoms with Crippen molar-refractivity contribution >= 4 is 17.7 Å². The summed E-state index contributed by atoms with van der Waals surface area (Å²) in [7, 11) is 1.79. The van der Waals surface area contributed by atoms with Crippen molar-refractivity contribution in [2.75, 3.05) is 25.0 Å². The van der Waals surface area contributed by atoms with Crippen LogP contribution in [0.3, 0.4) is 0 Å². The molecule has 1 saturated heterocycles. The first-order valence-corrected chi connectivity index (χ1v) is 9.01. The van der Waals surface area contributed by atoms with E-state index < -0.39 is 5.60 Å². The van der Waals surface area contributed by atoms with Gasteiger partial charge in [0.1, 0.15) is 5.60 Å². The van der Waals surface area contributed by atoms with E-state index in [0.29, 0.717) is 25.1 Å².